The number of carbonyl (C=O) groups is 1. The molecule has 2 heterocycles. The number of aliphatic imine (C=N–C) groups is 1. The number of nitrogens with zero attached hydrogens (tertiary/aromatic N) is 2. The Morgan fingerprint density at radius 3 is 2.64 bits per heavy atom. The molecule has 0 bridgehead atoms. The fourth-order valence-corrected chi connectivity index (χ4v) is 3.77. The number of ether oxygens (including phenoxy) is 2. The number of amides is 1. The molecular formula is C19H22N2O3S. The number of carbonyl (C=O) groups excluding carboxylic acids is 1. The Balaban J connectivity index is 1.67. The smallest absolute Gasteiger partial charge is 0.286 e. The maximum absolute atomic E-state index is 12.2. The molecule has 1 saturated heterocycles. The highest BCUT2D eigenvalue weighted by Crippen LogP contribution is 2.31. The SMILES string of the molecule is C=CCOc1ccc(/C=C2/SC(N3CC(C)OC(C)C3)=NC2=O)cc1. The molecule has 6 heteroatoms. The fraction of sp³-hybridized carbons (Fsp3) is 0.368. The zero-order valence-electron chi connectivity index (χ0n) is 14.5. The van der Waals surface area contributed by atoms with Crippen LogP contribution in [0.25, 0.3) is 6.08 Å². The first kappa shape index (κ1) is 17.8. The van der Waals surface area contributed by atoms with Crippen LogP contribution in [-0.4, -0.2) is 47.9 Å². The summed E-state index contributed by atoms with van der Waals surface area (Å²) in [5.74, 6) is 0.597. The number of rotatable bonds is 4. The van der Waals surface area contributed by atoms with Gasteiger partial charge in [-0.2, -0.15) is 4.99 Å². The van der Waals surface area contributed by atoms with Crippen LogP contribution in [0.1, 0.15) is 19.4 Å². The molecule has 1 fully saturated rings. The average molecular weight is 358 g/mol. The normalized spacial score (nSPS) is 25.2. The lowest BCUT2D eigenvalue weighted by atomic mass is 10.2. The molecule has 0 saturated carbocycles. The summed E-state index contributed by atoms with van der Waals surface area (Å²) < 4.78 is 11.2. The fourth-order valence-electron chi connectivity index (χ4n) is 2.83. The van der Waals surface area contributed by atoms with Crippen molar-refractivity contribution in [3.8, 4) is 5.75 Å². The molecule has 0 N–H and O–H groups in total. The number of hydrogen-bond donors (Lipinski definition) is 0. The molecule has 1 aromatic rings. The van der Waals surface area contributed by atoms with Gasteiger partial charge in [-0.1, -0.05) is 24.8 Å². The number of morpholine rings is 1. The van der Waals surface area contributed by atoms with Crippen LogP contribution in [0.4, 0.5) is 0 Å². The van der Waals surface area contributed by atoms with E-state index in [0.29, 0.717) is 11.5 Å². The zero-order chi connectivity index (χ0) is 17.8. The van der Waals surface area contributed by atoms with Crippen molar-refractivity contribution in [2.75, 3.05) is 19.7 Å². The van der Waals surface area contributed by atoms with Crippen LogP contribution >= 0.6 is 11.8 Å². The van der Waals surface area contributed by atoms with Gasteiger partial charge in [0.15, 0.2) is 5.17 Å². The molecule has 0 aliphatic carbocycles. The Bertz CT molecular complexity index is 702. The second-order valence-corrected chi connectivity index (χ2v) is 7.15. The van der Waals surface area contributed by atoms with Crippen molar-refractivity contribution in [3.63, 3.8) is 0 Å². The minimum absolute atomic E-state index is 0.137. The molecule has 2 unspecified atom stereocenters. The highest BCUT2D eigenvalue weighted by molar-refractivity contribution is 8.18. The summed E-state index contributed by atoms with van der Waals surface area (Å²) >= 11 is 1.43. The van der Waals surface area contributed by atoms with E-state index in [1.807, 2.05) is 44.2 Å². The number of benzene rings is 1. The summed E-state index contributed by atoms with van der Waals surface area (Å²) in [6.07, 6.45) is 3.85. The highest BCUT2D eigenvalue weighted by atomic mass is 32.2. The first-order chi connectivity index (χ1) is 12.0. The molecule has 2 atom stereocenters. The molecule has 1 aromatic carbocycles. The molecule has 0 spiro atoms. The van der Waals surface area contributed by atoms with E-state index in [4.69, 9.17) is 9.47 Å². The number of amidine groups is 1. The van der Waals surface area contributed by atoms with Crippen molar-refractivity contribution < 1.29 is 14.3 Å². The number of hydrogen-bond acceptors (Lipinski definition) is 5. The summed E-state index contributed by atoms with van der Waals surface area (Å²) in [5.41, 5.74) is 0.946. The quantitative estimate of drug-likeness (QED) is 0.610. The van der Waals surface area contributed by atoms with E-state index in [1.54, 1.807) is 6.08 Å². The highest BCUT2D eigenvalue weighted by Gasteiger charge is 2.30. The van der Waals surface area contributed by atoms with Gasteiger partial charge in [0, 0.05) is 13.1 Å². The first-order valence-electron chi connectivity index (χ1n) is 8.32. The van der Waals surface area contributed by atoms with Crippen molar-refractivity contribution in [2.24, 2.45) is 4.99 Å². The summed E-state index contributed by atoms with van der Waals surface area (Å²) in [7, 11) is 0. The second kappa shape index (κ2) is 7.89. The van der Waals surface area contributed by atoms with Crippen molar-refractivity contribution in [2.45, 2.75) is 26.1 Å². The number of thioether (sulfide) groups is 1. The van der Waals surface area contributed by atoms with Crippen LogP contribution < -0.4 is 4.74 Å². The second-order valence-electron chi connectivity index (χ2n) is 6.14. The third-order valence-corrected chi connectivity index (χ3v) is 4.89. The van der Waals surface area contributed by atoms with Crippen LogP contribution in [0.5, 0.6) is 5.75 Å². The van der Waals surface area contributed by atoms with Crippen molar-refractivity contribution in [3.05, 3.63) is 47.4 Å². The van der Waals surface area contributed by atoms with Gasteiger partial charge in [-0.05, 0) is 49.4 Å². The maximum Gasteiger partial charge on any atom is 0.286 e. The van der Waals surface area contributed by atoms with E-state index in [-0.39, 0.29) is 18.1 Å². The molecule has 0 radical (unpaired) electrons. The van der Waals surface area contributed by atoms with E-state index < -0.39 is 0 Å². The standard InChI is InChI=1S/C19H22N2O3S/c1-4-9-23-16-7-5-15(6-8-16)10-17-18(22)20-19(25-17)21-11-13(2)24-14(3)12-21/h4-8,10,13-14H,1,9,11-12H2,2-3H3/b17-10+. The lowest BCUT2D eigenvalue weighted by Crippen LogP contribution is -2.47. The van der Waals surface area contributed by atoms with Gasteiger partial charge in [0.25, 0.3) is 5.91 Å². The summed E-state index contributed by atoms with van der Waals surface area (Å²) in [6, 6.07) is 7.62. The van der Waals surface area contributed by atoms with Gasteiger partial charge in [-0.25, -0.2) is 0 Å². The molecule has 25 heavy (non-hydrogen) atoms. The van der Waals surface area contributed by atoms with Crippen LogP contribution in [0.3, 0.4) is 0 Å². The van der Waals surface area contributed by atoms with Gasteiger partial charge in [0.05, 0.1) is 17.1 Å². The largest absolute Gasteiger partial charge is 0.490 e. The van der Waals surface area contributed by atoms with E-state index in [0.717, 1.165) is 29.6 Å². The molecule has 3 rings (SSSR count). The van der Waals surface area contributed by atoms with E-state index in [1.165, 1.54) is 11.8 Å². The summed E-state index contributed by atoms with van der Waals surface area (Å²) in [4.78, 5) is 19.2. The lowest BCUT2D eigenvalue weighted by Gasteiger charge is -2.35. The van der Waals surface area contributed by atoms with Crippen molar-refractivity contribution in [1.29, 1.82) is 0 Å². The monoisotopic (exact) mass is 358 g/mol. The van der Waals surface area contributed by atoms with Gasteiger partial charge in [0.2, 0.25) is 0 Å². The molecule has 2 aliphatic rings. The van der Waals surface area contributed by atoms with E-state index >= 15 is 0 Å². The molecule has 1 amide bonds. The van der Waals surface area contributed by atoms with Gasteiger partial charge in [-0.3, -0.25) is 4.79 Å². The predicted molar refractivity (Wildman–Crippen MR) is 102 cm³/mol. The lowest BCUT2D eigenvalue weighted by molar-refractivity contribution is -0.113. The molecule has 0 aromatic heterocycles. The van der Waals surface area contributed by atoms with Crippen molar-refractivity contribution in [1.82, 2.24) is 4.90 Å². The Hall–Kier alpha value is -2.05. The maximum atomic E-state index is 12.2. The minimum Gasteiger partial charge on any atom is -0.490 e. The van der Waals surface area contributed by atoms with Crippen LogP contribution in [0.15, 0.2) is 46.8 Å². The third-order valence-electron chi connectivity index (χ3n) is 3.85. The van der Waals surface area contributed by atoms with Gasteiger partial charge in [0.1, 0.15) is 12.4 Å². The minimum atomic E-state index is -0.182. The Morgan fingerprint density at radius 2 is 2.00 bits per heavy atom. The van der Waals surface area contributed by atoms with Crippen LogP contribution in [-0.2, 0) is 9.53 Å². The first-order valence-corrected chi connectivity index (χ1v) is 9.13. The topological polar surface area (TPSA) is 51.1 Å². The molecule has 2 aliphatic heterocycles. The Labute approximate surface area is 152 Å². The van der Waals surface area contributed by atoms with Crippen LogP contribution in [0, 0.1) is 0 Å². The Kier molecular flexibility index (Phi) is 5.60. The predicted octanol–water partition coefficient (Wildman–Crippen LogP) is 3.33. The summed E-state index contributed by atoms with van der Waals surface area (Å²) in [5, 5.41) is 0.768. The van der Waals surface area contributed by atoms with Crippen LogP contribution in [0.2, 0.25) is 0 Å². The van der Waals surface area contributed by atoms with E-state index in [2.05, 4.69) is 16.5 Å². The molecule has 5 nitrogen and oxygen atoms in total. The van der Waals surface area contributed by atoms with Gasteiger partial charge in [-0.15, -0.1) is 0 Å². The summed E-state index contributed by atoms with van der Waals surface area (Å²) in [6.45, 7) is 9.69. The molecule has 132 valence electrons. The zero-order valence-corrected chi connectivity index (χ0v) is 15.3. The van der Waals surface area contributed by atoms with Gasteiger partial charge >= 0.3 is 0 Å². The average Bonchev–Trinajstić information content (AvgIpc) is 2.94. The molecular weight excluding hydrogens is 336 g/mol. The third kappa shape index (κ3) is 4.52. The Morgan fingerprint density at radius 1 is 1.32 bits per heavy atom. The van der Waals surface area contributed by atoms with Crippen molar-refractivity contribution >= 4 is 28.9 Å². The van der Waals surface area contributed by atoms with Gasteiger partial charge < -0.3 is 14.4 Å². The van der Waals surface area contributed by atoms with E-state index in [9.17, 15) is 4.79 Å².